The Morgan fingerprint density at radius 3 is 2.00 bits per heavy atom. The van der Waals surface area contributed by atoms with Gasteiger partial charge in [-0.2, -0.15) is 0 Å². The van der Waals surface area contributed by atoms with Gasteiger partial charge >= 0.3 is 0 Å². The van der Waals surface area contributed by atoms with Crippen LogP contribution in [0.25, 0.3) is 0 Å². The van der Waals surface area contributed by atoms with Gasteiger partial charge in [0.25, 0.3) is 0 Å². The number of methoxy groups -OCH3 is 2. The molecule has 0 spiro atoms. The van der Waals surface area contributed by atoms with Crippen molar-refractivity contribution in [2.24, 2.45) is 0 Å². The maximum atomic E-state index is 11.7. The van der Waals surface area contributed by atoms with Gasteiger partial charge in [-0.3, -0.25) is 4.79 Å². The molecule has 1 aliphatic rings. The van der Waals surface area contributed by atoms with Crippen LogP contribution < -0.4 is 9.47 Å². The van der Waals surface area contributed by atoms with E-state index >= 15 is 0 Å². The average molecular weight is 236 g/mol. The van der Waals surface area contributed by atoms with Crippen molar-refractivity contribution in [3.63, 3.8) is 0 Å². The molecule has 2 rings (SSSR count). The Morgan fingerprint density at radius 1 is 1.24 bits per heavy atom. The number of carbonyl (C=O) groups excluding carboxylic acids is 1. The van der Waals surface area contributed by atoms with E-state index in [4.69, 9.17) is 9.47 Å². The summed E-state index contributed by atoms with van der Waals surface area (Å²) in [4.78, 5) is 11.7. The summed E-state index contributed by atoms with van der Waals surface area (Å²) in [5.74, 6) is 0.796. The number of hydrogen-bond acceptors (Lipinski definition) is 4. The number of ether oxygens (including phenoxy) is 2. The lowest BCUT2D eigenvalue weighted by Crippen LogP contribution is -2.17. The van der Waals surface area contributed by atoms with Gasteiger partial charge in [0.05, 0.1) is 19.6 Å². The molecule has 0 amide bonds. The first-order valence-corrected chi connectivity index (χ1v) is 5.51. The van der Waals surface area contributed by atoms with Crippen LogP contribution in [0.2, 0.25) is 0 Å². The summed E-state index contributed by atoms with van der Waals surface area (Å²) in [5, 5.41) is 9.80. The van der Waals surface area contributed by atoms with Crippen LogP contribution in [-0.4, -0.2) is 25.1 Å². The third kappa shape index (κ3) is 1.73. The minimum Gasteiger partial charge on any atom is -0.502 e. The molecule has 0 unspecified atom stereocenters. The van der Waals surface area contributed by atoms with Crippen molar-refractivity contribution in [3.8, 4) is 17.2 Å². The molecule has 0 atom stereocenters. The fourth-order valence-corrected chi connectivity index (χ4v) is 2.14. The van der Waals surface area contributed by atoms with Crippen LogP contribution in [0, 0.1) is 0 Å². The number of hydrogen-bond donors (Lipinski definition) is 1. The molecule has 17 heavy (non-hydrogen) atoms. The van der Waals surface area contributed by atoms with Crippen LogP contribution >= 0.6 is 0 Å². The highest BCUT2D eigenvalue weighted by atomic mass is 16.5. The van der Waals surface area contributed by atoms with E-state index in [2.05, 4.69) is 0 Å². The van der Waals surface area contributed by atoms with E-state index in [1.165, 1.54) is 14.2 Å². The summed E-state index contributed by atoms with van der Waals surface area (Å²) >= 11 is 0. The van der Waals surface area contributed by atoms with Crippen LogP contribution in [0.3, 0.4) is 0 Å². The Hall–Kier alpha value is -1.71. The normalized spacial score (nSPS) is 16.4. The number of phenolic OH excluding ortho intramolecular Hbond substituents is 1. The minimum atomic E-state index is -0.395. The summed E-state index contributed by atoms with van der Waals surface area (Å²) in [6.07, 6.45) is 1.69. The molecular formula is C13H16O4. The molecule has 0 radical (unpaired) electrons. The second-order valence-corrected chi connectivity index (χ2v) is 4.37. The van der Waals surface area contributed by atoms with Gasteiger partial charge in [0.15, 0.2) is 11.5 Å². The lowest BCUT2D eigenvalue weighted by Gasteiger charge is -2.16. The van der Waals surface area contributed by atoms with Crippen molar-refractivity contribution in [1.29, 1.82) is 0 Å². The molecular weight excluding hydrogens is 220 g/mol. The maximum Gasteiger partial charge on any atom is 0.200 e. The first kappa shape index (κ1) is 11.8. The highest BCUT2D eigenvalue weighted by molar-refractivity contribution is 5.91. The molecule has 1 aromatic carbocycles. The summed E-state index contributed by atoms with van der Waals surface area (Å²) in [6.45, 7) is 1.60. The Morgan fingerprint density at radius 2 is 1.71 bits per heavy atom. The van der Waals surface area contributed by atoms with Crippen molar-refractivity contribution < 1.29 is 19.4 Å². The van der Waals surface area contributed by atoms with E-state index in [0.717, 1.165) is 18.4 Å². The van der Waals surface area contributed by atoms with E-state index in [-0.39, 0.29) is 11.5 Å². The van der Waals surface area contributed by atoms with Crippen LogP contribution in [-0.2, 0) is 10.2 Å². The van der Waals surface area contributed by atoms with E-state index < -0.39 is 5.41 Å². The molecule has 0 aliphatic heterocycles. The predicted octanol–water partition coefficient (Wildman–Crippen LogP) is 2.03. The number of Topliss-reactive ketones (excluding diaryl/α,β-unsaturated/α-hetero) is 1. The van der Waals surface area contributed by atoms with E-state index in [9.17, 15) is 9.90 Å². The highest BCUT2D eigenvalue weighted by Gasteiger charge is 2.49. The maximum absolute atomic E-state index is 11.7. The van der Waals surface area contributed by atoms with Gasteiger partial charge in [-0.1, -0.05) is 0 Å². The molecule has 0 saturated heterocycles. The van der Waals surface area contributed by atoms with Gasteiger partial charge in [0, 0.05) is 0 Å². The van der Waals surface area contributed by atoms with Crippen molar-refractivity contribution in [3.05, 3.63) is 17.7 Å². The van der Waals surface area contributed by atoms with Gasteiger partial charge in [-0.05, 0) is 37.5 Å². The molecule has 0 bridgehead atoms. The monoisotopic (exact) mass is 236 g/mol. The summed E-state index contributed by atoms with van der Waals surface area (Å²) in [6, 6.07) is 3.43. The first-order valence-electron chi connectivity index (χ1n) is 5.51. The smallest absolute Gasteiger partial charge is 0.200 e. The van der Waals surface area contributed by atoms with Crippen molar-refractivity contribution in [2.75, 3.05) is 14.2 Å². The van der Waals surface area contributed by atoms with Crippen molar-refractivity contribution in [2.45, 2.75) is 25.2 Å². The van der Waals surface area contributed by atoms with Crippen LogP contribution in [0.5, 0.6) is 17.2 Å². The molecule has 1 fully saturated rings. The predicted molar refractivity (Wildman–Crippen MR) is 62.8 cm³/mol. The molecule has 92 valence electrons. The van der Waals surface area contributed by atoms with Gasteiger partial charge in [0.1, 0.15) is 5.78 Å². The molecule has 0 heterocycles. The summed E-state index contributed by atoms with van der Waals surface area (Å²) < 4.78 is 10.2. The van der Waals surface area contributed by atoms with E-state index in [1.807, 2.05) is 0 Å². The largest absolute Gasteiger partial charge is 0.502 e. The number of ketones is 1. The van der Waals surface area contributed by atoms with Crippen LogP contribution in [0.1, 0.15) is 25.3 Å². The SMILES string of the molecule is COc1cc(C2(C(C)=O)CC2)cc(OC)c1O. The fourth-order valence-electron chi connectivity index (χ4n) is 2.14. The second-order valence-electron chi connectivity index (χ2n) is 4.37. The second kappa shape index (κ2) is 3.95. The fraction of sp³-hybridized carbons (Fsp3) is 0.462. The molecule has 4 nitrogen and oxygen atoms in total. The zero-order valence-corrected chi connectivity index (χ0v) is 10.2. The standard InChI is InChI=1S/C13H16O4/c1-8(14)13(4-5-13)9-6-10(16-2)12(15)11(7-9)17-3/h6-7,15H,4-5H2,1-3H3. The third-order valence-electron chi connectivity index (χ3n) is 3.46. The molecule has 1 saturated carbocycles. The van der Waals surface area contributed by atoms with Gasteiger partial charge in [-0.25, -0.2) is 0 Å². The topological polar surface area (TPSA) is 55.8 Å². The lowest BCUT2D eigenvalue weighted by molar-refractivity contribution is -0.119. The zero-order chi connectivity index (χ0) is 12.6. The molecule has 1 aliphatic carbocycles. The molecule has 0 aromatic heterocycles. The number of aromatic hydroxyl groups is 1. The van der Waals surface area contributed by atoms with Crippen molar-refractivity contribution >= 4 is 5.78 Å². The van der Waals surface area contributed by atoms with Gasteiger partial charge in [0.2, 0.25) is 5.75 Å². The molecule has 4 heteroatoms. The third-order valence-corrected chi connectivity index (χ3v) is 3.46. The average Bonchev–Trinajstić information content (AvgIpc) is 3.10. The summed E-state index contributed by atoms with van der Waals surface area (Å²) in [7, 11) is 2.96. The Labute approximate surface area is 100 Å². The zero-order valence-electron chi connectivity index (χ0n) is 10.2. The Balaban J connectivity index is 2.53. The number of benzene rings is 1. The van der Waals surface area contributed by atoms with Gasteiger partial charge < -0.3 is 14.6 Å². The number of phenols is 1. The summed E-state index contributed by atoms with van der Waals surface area (Å²) in [5.41, 5.74) is 0.463. The van der Waals surface area contributed by atoms with Gasteiger partial charge in [-0.15, -0.1) is 0 Å². The highest BCUT2D eigenvalue weighted by Crippen LogP contribution is 2.52. The lowest BCUT2D eigenvalue weighted by atomic mass is 9.91. The van der Waals surface area contributed by atoms with Crippen LogP contribution in [0.15, 0.2) is 12.1 Å². The van der Waals surface area contributed by atoms with Crippen LogP contribution in [0.4, 0.5) is 0 Å². The minimum absolute atomic E-state index is 0.0295. The number of carbonyl (C=O) groups is 1. The quantitative estimate of drug-likeness (QED) is 0.869. The first-order chi connectivity index (χ1) is 8.05. The Kier molecular flexibility index (Phi) is 2.73. The van der Waals surface area contributed by atoms with Crippen molar-refractivity contribution in [1.82, 2.24) is 0 Å². The van der Waals surface area contributed by atoms with E-state index in [0.29, 0.717) is 11.5 Å². The molecule has 1 N–H and O–H groups in total. The molecule has 1 aromatic rings. The Bertz CT molecular complexity index is 435. The van der Waals surface area contributed by atoms with E-state index in [1.54, 1.807) is 19.1 Å². The number of rotatable bonds is 4.